The molecule has 0 bridgehead atoms. The fourth-order valence-electron chi connectivity index (χ4n) is 1.67. The average Bonchev–Trinajstić information content (AvgIpc) is 2.47. The molecule has 0 heterocycles. The van der Waals surface area contributed by atoms with E-state index in [2.05, 4.69) is 31.3 Å². The van der Waals surface area contributed by atoms with E-state index < -0.39 is 18.6 Å². The van der Waals surface area contributed by atoms with Crippen LogP contribution in [-0.4, -0.2) is 31.0 Å². The quantitative estimate of drug-likeness (QED) is 0.703. The Labute approximate surface area is 141 Å². The molecule has 8 heteroatoms. The van der Waals surface area contributed by atoms with E-state index in [-0.39, 0.29) is 11.7 Å². The van der Waals surface area contributed by atoms with Crippen LogP contribution < -0.4 is 15.4 Å². The van der Waals surface area contributed by atoms with E-state index in [1.54, 1.807) is 19.9 Å². The van der Waals surface area contributed by atoms with Crippen LogP contribution in [0.15, 0.2) is 28.7 Å². The smallest absolute Gasteiger partial charge is 0.387 e. The maximum Gasteiger partial charge on any atom is 0.387 e. The zero-order valence-electron chi connectivity index (χ0n) is 12.6. The molecule has 0 fully saturated rings. The second kappa shape index (κ2) is 9.24. The summed E-state index contributed by atoms with van der Waals surface area (Å²) in [6, 6.07) is 3.75. The Kier molecular flexibility index (Phi) is 7.67. The number of carbonyl (C=O) groups is 2. The highest BCUT2D eigenvalue weighted by Crippen LogP contribution is 2.25. The Morgan fingerprint density at radius 1 is 1.39 bits per heavy atom. The summed E-state index contributed by atoms with van der Waals surface area (Å²) < 4.78 is 29.7. The first-order valence-electron chi connectivity index (χ1n) is 6.84. The van der Waals surface area contributed by atoms with E-state index in [0.29, 0.717) is 16.6 Å². The molecule has 2 N–H and O–H groups in total. The number of likely N-dealkylation sites (N-methyl/N-ethyl adjacent to an activating group) is 1. The highest BCUT2D eigenvalue weighted by molar-refractivity contribution is 9.10. The van der Waals surface area contributed by atoms with Crippen molar-refractivity contribution in [2.75, 3.05) is 6.54 Å². The van der Waals surface area contributed by atoms with Crippen LogP contribution in [0.4, 0.5) is 8.78 Å². The van der Waals surface area contributed by atoms with Gasteiger partial charge in [-0.15, -0.1) is 0 Å². The third-order valence-corrected chi connectivity index (χ3v) is 3.20. The summed E-state index contributed by atoms with van der Waals surface area (Å²) in [5, 5.41) is 5.05. The van der Waals surface area contributed by atoms with E-state index >= 15 is 0 Å². The van der Waals surface area contributed by atoms with Crippen molar-refractivity contribution in [1.82, 2.24) is 10.6 Å². The third-order valence-electron chi connectivity index (χ3n) is 2.71. The maximum absolute atomic E-state index is 12.4. The monoisotopic (exact) mass is 390 g/mol. The number of rotatable bonds is 7. The van der Waals surface area contributed by atoms with Gasteiger partial charge >= 0.3 is 6.61 Å². The molecule has 126 valence electrons. The number of hydrogen-bond acceptors (Lipinski definition) is 3. The first-order chi connectivity index (χ1) is 10.8. The molecule has 0 saturated carbocycles. The van der Waals surface area contributed by atoms with E-state index in [0.717, 1.165) is 6.08 Å². The molecule has 0 aliphatic rings. The zero-order chi connectivity index (χ0) is 17.4. The number of benzene rings is 1. The minimum absolute atomic E-state index is 0.0518. The van der Waals surface area contributed by atoms with Crippen LogP contribution in [-0.2, 0) is 9.59 Å². The normalized spacial score (nSPS) is 12.3. The summed E-state index contributed by atoms with van der Waals surface area (Å²) in [4.78, 5) is 23.3. The number of ether oxygens (including phenoxy) is 1. The molecule has 0 radical (unpaired) electrons. The molecule has 1 rings (SSSR count). The van der Waals surface area contributed by atoms with Crippen LogP contribution in [0, 0.1) is 0 Å². The minimum Gasteiger partial charge on any atom is -0.434 e. The molecule has 0 aliphatic heterocycles. The molecule has 0 spiro atoms. The largest absolute Gasteiger partial charge is 0.434 e. The number of halogens is 3. The Bertz CT molecular complexity index is 594. The van der Waals surface area contributed by atoms with Gasteiger partial charge in [-0.05, 0) is 38.1 Å². The highest BCUT2D eigenvalue weighted by atomic mass is 79.9. The number of nitrogens with one attached hydrogen (secondary N) is 2. The summed E-state index contributed by atoms with van der Waals surface area (Å²) in [6.45, 7) is 0.807. The molecule has 5 nitrogen and oxygen atoms in total. The van der Waals surface area contributed by atoms with E-state index in [9.17, 15) is 18.4 Å². The lowest BCUT2D eigenvalue weighted by Crippen LogP contribution is -2.44. The summed E-state index contributed by atoms with van der Waals surface area (Å²) >= 11 is 3.22. The van der Waals surface area contributed by atoms with Crippen LogP contribution in [0.25, 0.3) is 6.08 Å². The molecular weight excluding hydrogens is 374 g/mol. The van der Waals surface area contributed by atoms with Gasteiger partial charge in [-0.2, -0.15) is 8.78 Å². The molecular formula is C15H17BrF2N2O3. The summed E-state index contributed by atoms with van der Waals surface area (Å²) in [5.41, 5.74) is 0.306. The van der Waals surface area contributed by atoms with Crippen molar-refractivity contribution in [3.05, 3.63) is 34.3 Å². The van der Waals surface area contributed by atoms with Crippen LogP contribution in [0.3, 0.4) is 0 Å². The number of hydrogen-bond donors (Lipinski definition) is 2. The van der Waals surface area contributed by atoms with Gasteiger partial charge in [-0.25, -0.2) is 0 Å². The van der Waals surface area contributed by atoms with Crippen molar-refractivity contribution in [2.24, 2.45) is 0 Å². The Hall–Kier alpha value is -1.96. The third kappa shape index (κ3) is 6.77. The zero-order valence-corrected chi connectivity index (χ0v) is 14.2. The number of carbonyl (C=O) groups excluding carboxylic acids is 2. The fraction of sp³-hybridized carbons (Fsp3) is 0.333. The number of alkyl halides is 2. The van der Waals surface area contributed by atoms with E-state index in [1.807, 2.05) is 0 Å². The lowest BCUT2D eigenvalue weighted by molar-refractivity contribution is -0.126. The van der Waals surface area contributed by atoms with Gasteiger partial charge in [0, 0.05) is 22.7 Å². The first kappa shape index (κ1) is 19.1. The van der Waals surface area contributed by atoms with Crippen molar-refractivity contribution < 1.29 is 23.1 Å². The van der Waals surface area contributed by atoms with Crippen molar-refractivity contribution >= 4 is 33.8 Å². The summed E-state index contributed by atoms with van der Waals surface area (Å²) in [5.74, 6) is -0.880. The van der Waals surface area contributed by atoms with Crippen molar-refractivity contribution in [1.29, 1.82) is 0 Å². The predicted octanol–water partition coefficient (Wildman–Crippen LogP) is 2.70. The van der Waals surface area contributed by atoms with Gasteiger partial charge in [0.1, 0.15) is 11.8 Å². The summed E-state index contributed by atoms with van der Waals surface area (Å²) in [6.07, 6.45) is 2.48. The van der Waals surface area contributed by atoms with E-state index in [1.165, 1.54) is 18.2 Å². The topological polar surface area (TPSA) is 67.4 Å². The van der Waals surface area contributed by atoms with Crippen LogP contribution in [0.1, 0.15) is 19.4 Å². The van der Waals surface area contributed by atoms with E-state index in [4.69, 9.17) is 0 Å². The first-order valence-corrected chi connectivity index (χ1v) is 7.63. The van der Waals surface area contributed by atoms with Gasteiger partial charge in [0.2, 0.25) is 11.8 Å². The maximum atomic E-state index is 12.4. The van der Waals surface area contributed by atoms with Crippen molar-refractivity contribution in [2.45, 2.75) is 26.5 Å². The van der Waals surface area contributed by atoms with Crippen molar-refractivity contribution in [3.8, 4) is 5.75 Å². The molecule has 0 unspecified atom stereocenters. The molecule has 1 aromatic rings. The molecule has 2 amide bonds. The van der Waals surface area contributed by atoms with Gasteiger partial charge in [-0.1, -0.05) is 15.9 Å². The summed E-state index contributed by atoms with van der Waals surface area (Å²) in [7, 11) is 0. The van der Waals surface area contributed by atoms with Crippen LogP contribution in [0.2, 0.25) is 0 Å². The molecule has 0 aromatic heterocycles. The SMILES string of the molecule is CCNC(=O)[C@H](C)NC(=O)/C=C/c1cc(Br)ccc1OC(F)F. The highest BCUT2D eigenvalue weighted by Gasteiger charge is 2.13. The molecule has 1 aromatic carbocycles. The molecule has 0 aliphatic carbocycles. The molecule has 23 heavy (non-hydrogen) atoms. The lowest BCUT2D eigenvalue weighted by Gasteiger charge is -2.12. The van der Waals surface area contributed by atoms with Gasteiger partial charge in [0.05, 0.1) is 0 Å². The van der Waals surface area contributed by atoms with Gasteiger partial charge in [-0.3, -0.25) is 9.59 Å². The number of amides is 2. The van der Waals surface area contributed by atoms with Crippen LogP contribution >= 0.6 is 15.9 Å². The standard InChI is InChI=1S/C15H17BrF2N2O3/c1-3-19-14(22)9(2)20-13(21)7-4-10-8-11(16)5-6-12(10)23-15(17)18/h4-9,15H,3H2,1-2H3,(H,19,22)(H,20,21)/b7-4+/t9-/m0/s1. The molecule has 0 saturated heterocycles. The lowest BCUT2D eigenvalue weighted by atomic mass is 10.2. The van der Waals surface area contributed by atoms with Crippen molar-refractivity contribution in [3.63, 3.8) is 0 Å². The Morgan fingerprint density at radius 2 is 2.09 bits per heavy atom. The van der Waals surface area contributed by atoms with Gasteiger partial charge in [0.25, 0.3) is 0 Å². The second-order valence-electron chi connectivity index (χ2n) is 4.52. The van der Waals surface area contributed by atoms with Gasteiger partial charge in [0.15, 0.2) is 0 Å². The minimum atomic E-state index is -2.96. The molecule has 1 atom stereocenters. The second-order valence-corrected chi connectivity index (χ2v) is 5.43. The van der Waals surface area contributed by atoms with Gasteiger partial charge < -0.3 is 15.4 Å². The Balaban J connectivity index is 2.78. The average molecular weight is 391 g/mol. The Morgan fingerprint density at radius 3 is 2.70 bits per heavy atom. The van der Waals surface area contributed by atoms with Crippen LogP contribution in [0.5, 0.6) is 5.75 Å². The fourth-order valence-corrected chi connectivity index (χ4v) is 2.05. The predicted molar refractivity (Wildman–Crippen MR) is 86.1 cm³/mol.